The molecule has 0 radical (unpaired) electrons. The molecule has 0 aromatic carbocycles. The van der Waals surface area contributed by atoms with Crippen molar-refractivity contribution in [2.45, 2.75) is 32.2 Å². The molecule has 1 aromatic rings. The van der Waals surface area contributed by atoms with Crippen LogP contribution >= 0.6 is 0 Å². The number of hydrogen-bond acceptors (Lipinski definition) is 6. The van der Waals surface area contributed by atoms with Crippen LogP contribution in [0, 0.1) is 5.92 Å². The molecular weight excluding hydrogens is 252 g/mol. The largest absolute Gasteiger partial charge is 0.481 e. The molecule has 2 atom stereocenters. The number of hydrogen-bond donors (Lipinski definition) is 2. The number of carboxylic acids is 1. The van der Waals surface area contributed by atoms with E-state index in [4.69, 9.17) is 14.3 Å². The topological polar surface area (TPSA) is 102 Å². The third kappa shape index (κ3) is 3.24. The highest BCUT2D eigenvalue weighted by atomic mass is 16.5. The first-order chi connectivity index (χ1) is 9.10. The van der Waals surface area contributed by atoms with Gasteiger partial charge in [0.15, 0.2) is 5.69 Å². The SMILES string of the molecule is CCOC(=O)c1coc(N[C@H]2CC[C@@H](C(=O)O)C2)n1. The first-order valence-electron chi connectivity index (χ1n) is 6.22. The quantitative estimate of drug-likeness (QED) is 0.780. The lowest BCUT2D eigenvalue weighted by molar-refractivity contribution is -0.141. The van der Waals surface area contributed by atoms with E-state index in [1.54, 1.807) is 6.92 Å². The van der Waals surface area contributed by atoms with Gasteiger partial charge >= 0.3 is 11.9 Å². The molecule has 1 heterocycles. The van der Waals surface area contributed by atoms with Crippen molar-refractivity contribution in [3.63, 3.8) is 0 Å². The van der Waals surface area contributed by atoms with E-state index in [-0.39, 0.29) is 30.3 Å². The van der Waals surface area contributed by atoms with Crippen molar-refractivity contribution in [3.05, 3.63) is 12.0 Å². The highest BCUT2D eigenvalue weighted by Gasteiger charge is 2.30. The zero-order valence-electron chi connectivity index (χ0n) is 10.6. The predicted octanol–water partition coefficient (Wildman–Crippen LogP) is 1.52. The lowest BCUT2D eigenvalue weighted by atomic mass is 10.1. The number of aliphatic carboxylic acids is 1. The van der Waals surface area contributed by atoms with Crippen LogP contribution in [0.4, 0.5) is 6.01 Å². The average molecular weight is 268 g/mol. The standard InChI is InChI=1S/C12H16N2O5/c1-2-18-11(17)9-6-19-12(14-9)13-8-4-3-7(5-8)10(15)16/h6-8H,2-5H2,1H3,(H,13,14)(H,15,16)/t7-,8+/m1/s1. The van der Waals surface area contributed by atoms with Crippen molar-refractivity contribution >= 4 is 18.0 Å². The Morgan fingerprint density at radius 2 is 2.37 bits per heavy atom. The highest BCUT2D eigenvalue weighted by Crippen LogP contribution is 2.28. The molecule has 2 N–H and O–H groups in total. The van der Waals surface area contributed by atoms with Crippen molar-refractivity contribution in [2.75, 3.05) is 11.9 Å². The molecule has 0 amide bonds. The zero-order chi connectivity index (χ0) is 13.8. The van der Waals surface area contributed by atoms with Gasteiger partial charge in [0.05, 0.1) is 12.5 Å². The monoisotopic (exact) mass is 268 g/mol. The van der Waals surface area contributed by atoms with Crippen molar-refractivity contribution in [1.82, 2.24) is 4.98 Å². The summed E-state index contributed by atoms with van der Waals surface area (Å²) in [5.41, 5.74) is 0.108. The minimum absolute atomic E-state index is 0.00907. The number of rotatable bonds is 5. The lowest BCUT2D eigenvalue weighted by Crippen LogP contribution is -2.18. The fraction of sp³-hybridized carbons (Fsp3) is 0.583. The van der Waals surface area contributed by atoms with E-state index in [0.717, 1.165) is 6.42 Å². The molecule has 19 heavy (non-hydrogen) atoms. The van der Waals surface area contributed by atoms with Gasteiger partial charge in [-0.1, -0.05) is 0 Å². The van der Waals surface area contributed by atoms with Gasteiger partial charge in [-0.3, -0.25) is 4.79 Å². The summed E-state index contributed by atoms with van der Waals surface area (Å²) in [6, 6.07) is 0.230. The van der Waals surface area contributed by atoms with Crippen LogP contribution in [0.25, 0.3) is 0 Å². The Morgan fingerprint density at radius 1 is 1.58 bits per heavy atom. The number of nitrogens with one attached hydrogen (secondary N) is 1. The van der Waals surface area contributed by atoms with E-state index in [0.29, 0.717) is 12.8 Å². The first-order valence-corrected chi connectivity index (χ1v) is 6.22. The summed E-state index contributed by atoms with van der Waals surface area (Å²) in [7, 11) is 0. The molecule has 1 saturated carbocycles. The molecule has 0 spiro atoms. The molecular formula is C12H16N2O5. The minimum Gasteiger partial charge on any atom is -0.481 e. The van der Waals surface area contributed by atoms with E-state index < -0.39 is 11.9 Å². The Kier molecular flexibility index (Phi) is 4.03. The number of carbonyl (C=O) groups is 2. The van der Waals surface area contributed by atoms with Crippen molar-refractivity contribution in [2.24, 2.45) is 5.92 Å². The van der Waals surface area contributed by atoms with Gasteiger partial charge < -0.3 is 19.6 Å². The molecule has 0 aliphatic heterocycles. The molecule has 0 unspecified atom stereocenters. The normalized spacial score (nSPS) is 22.2. The smallest absolute Gasteiger partial charge is 0.360 e. The van der Waals surface area contributed by atoms with Crippen LogP contribution < -0.4 is 5.32 Å². The second-order valence-electron chi connectivity index (χ2n) is 4.45. The Morgan fingerprint density at radius 3 is 3.00 bits per heavy atom. The van der Waals surface area contributed by atoms with Crippen molar-refractivity contribution in [3.8, 4) is 0 Å². The van der Waals surface area contributed by atoms with Gasteiger partial charge in [0.2, 0.25) is 0 Å². The van der Waals surface area contributed by atoms with Crippen LogP contribution in [0.5, 0.6) is 0 Å². The van der Waals surface area contributed by atoms with E-state index in [1.165, 1.54) is 6.26 Å². The summed E-state index contributed by atoms with van der Waals surface area (Å²) in [6.07, 6.45) is 3.14. The summed E-state index contributed by atoms with van der Waals surface area (Å²) >= 11 is 0. The second kappa shape index (κ2) is 5.73. The van der Waals surface area contributed by atoms with Gasteiger partial charge in [-0.25, -0.2) is 4.79 Å². The Bertz CT molecular complexity index is 470. The molecule has 104 valence electrons. The van der Waals surface area contributed by atoms with Gasteiger partial charge in [0.1, 0.15) is 6.26 Å². The number of anilines is 1. The van der Waals surface area contributed by atoms with Gasteiger partial charge in [-0.05, 0) is 26.2 Å². The zero-order valence-corrected chi connectivity index (χ0v) is 10.6. The van der Waals surface area contributed by atoms with E-state index in [2.05, 4.69) is 10.3 Å². The summed E-state index contributed by atoms with van der Waals surface area (Å²) in [4.78, 5) is 26.2. The summed E-state index contributed by atoms with van der Waals surface area (Å²) in [5.74, 6) is -1.63. The molecule has 1 aromatic heterocycles. The summed E-state index contributed by atoms with van der Waals surface area (Å²) < 4.78 is 9.91. The van der Waals surface area contributed by atoms with Crippen LogP contribution in [-0.4, -0.2) is 34.7 Å². The fourth-order valence-corrected chi connectivity index (χ4v) is 2.15. The van der Waals surface area contributed by atoms with Gasteiger partial charge in [-0.15, -0.1) is 0 Å². The third-order valence-corrected chi connectivity index (χ3v) is 3.10. The van der Waals surface area contributed by atoms with Crippen molar-refractivity contribution < 1.29 is 23.8 Å². The number of nitrogens with zero attached hydrogens (tertiary/aromatic N) is 1. The minimum atomic E-state index is -0.774. The van der Waals surface area contributed by atoms with Crippen LogP contribution in [0.1, 0.15) is 36.7 Å². The summed E-state index contributed by atoms with van der Waals surface area (Å²) in [6.45, 7) is 1.99. The van der Waals surface area contributed by atoms with Crippen LogP contribution in [-0.2, 0) is 9.53 Å². The van der Waals surface area contributed by atoms with Gasteiger partial charge in [0, 0.05) is 6.04 Å². The number of esters is 1. The highest BCUT2D eigenvalue weighted by molar-refractivity contribution is 5.87. The van der Waals surface area contributed by atoms with E-state index in [1.807, 2.05) is 0 Å². The van der Waals surface area contributed by atoms with Crippen LogP contribution in [0.2, 0.25) is 0 Å². The Hall–Kier alpha value is -2.05. The predicted molar refractivity (Wildman–Crippen MR) is 64.8 cm³/mol. The maximum absolute atomic E-state index is 11.4. The summed E-state index contributed by atoms with van der Waals surface area (Å²) in [5, 5.41) is 11.9. The van der Waals surface area contributed by atoms with Crippen molar-refractivity contribution in [1.29, 1.82) is 0 Å². The van der Waals surface area contributed by atoms with Crippen LogP contribution in [0.3, 0.4) is 0 Å². The molecule has 7 nitrogen and oxygen atoms in total. The number of ether oxygens (including phenoxy) is 1. The van der Waals surface area contributed by atoms with E-state index >= 15 is 0 Å². The lowest BCUT2D eigenvalue weighted by Gasteiger charge is -2.09. The molecule has 1 aliphatic rings. The molecule has 0 bridgehead atoms. The third-order valence-electron chi connectivity index (χ3n) is 3.10. The molecule has 7 heteroatoms. The Labute approximate surface area is 110 Å². The molecule has 0 saturated heterocycles. The molecule has 2 rings (SSSR count). The van der Waals surface area contributed by atoms with Crippen LogP contribution in [0.15, 0.2) is 10.7 Å². The average Bonchev–Trinajstić information content (AvgIpc) is 2.99. The number of aromatic nitrogens is 1. The molecule has 1 aliphatic carbocycles. The second-order valence-corrected chi connectivity index (χ2v) is 4.45. The maximum Gasteiger partial charge on any atom is 0.360 e. The van der Waals surface area contributed by atoms with Gasteiger partial charge in [0.25, 0.3) is 6.01 Å². The maximum atomic E-state index is 11.4. The van der Waals surface area contributed by atoms with Gasteiger partial charge in [-0.2, -0.15) is 4.98 Å². The number of oxazole rings is 1. The fourth-order valence-electron chi connectivity index (χ4n) is 2.15. The first kappa shape index (κ1) is 13.4. The Balaban J connectivity index is 1.90. The molecule has 1 fully saturated rings. The number of carboxylic acid groups (broad SMARTS) is 1. The van der Waals surface area contributed by atoms with E-state index in [9.17, 15) is 9.59 Å². The number of carbonyl (C=O) groups excluding carboxylic acids is 1.